The number of carbonyl (C=O) groups excluding carboxylic acids is 2. The summed E-state index contributed by atoms with van der Waals surface area (Å²) in [5.74, 6) is -1.05. The first-order valence-corrected chi connectivity index (χ1v) is 15.5. The van der Waals surface area contributed by atoms with E-state index in [1.165, 1.54) is 17.0 Å². The topological polar surface area (TPSA) is 117 Å². The third kappa shape index (κ3) is 5.99. The molecule has 0 spiro atoms. The van der Waals surface area contributed by atoms with Crippen molar-refractivity contribution in [1.82, 2.24) is 0 Å². The number of phenols is 1. The Kier molecular flexibility index (Phi) is 8.78. The van der Waals surface area contributed by atoms with Crippen LogP contribution in [-0.4, -0.2) is 53.4 Å². The number of ether oxygens (including phenoxy) is 2. The number of allylic oxidation sites excluding steroid dienone is 1. The fraction of sp³-hybridized carbons (Fsp3) is 0.294. The maximum atomic E-state index is 13.9. The minimum Gasteiger partial charge on any atom is -0.507 e. The van der Waals surface area contributed by atoms with Crippen LogP contribution in [0.2, 0.25) is 0 Å². The molecule has 0 saturated carbocycles. The quantitative estimate of drug-likeness (QED) is 0.175. The van der Waals surface area contributed by atoms with Crippen molar-refractivity contribution < 1.29 is 34.2 Å². The van der Waals surface area contributed by atoms with Crippen molar-refractivity contribution in [3.05, 3.63) is 99.6 Å². The van der Waals surface area contributed by atoms with Crippen LogP contribution in [0, 0.1) is 17.8 Å². The van der Waals surface area contributed by atoms with Crippen LogP contribution >= 0.6 is 15.9 Å². The van der Waals surface area contributed by atoms with E-state index in [1.54, 1.807) is 24.3 Å². The van der Waals surface area contributed by atoms with E-state index in [2.05, 4.69) is 15.9 Å². The number of benzene rings is 3. The maximum absolute atomic E-state index is 13.9. The molecule has 0 radical (unpaired) electrons. The molecule has 0 unspecified atom stereocenters. The summed E-state index contributed by atoms with van der Waals surface area (Å²) in [5.41, 5.74) is 4.37. The molecule has 6 rings (SSSR count). The molecule has 8 nitrogen and oxygen atoms in total. The molecule has 10 heteroatoms. The molecule has 4 atom stereocenters. The number of halogens is 1. The highest BCUT2D eigenvalue weighted by molar-refractivity contribution is 9.10. The fourth-order valence-corrected chi connectivity index (χ4v) is 7.09. The maximum Gasteiger partial charge on any atom is 0.488 e. The summed E-state index contributed by atoms with van der Waals surface area (Å²) in [7, 11) is -1.71. The van der Waals surface area contributed by atoms with Crippen molar-refractivity contribution in [2.75, 3.05) is 18.1 Å². The van der Waals surface area contributed by atoms with Crippen LogP contribution in [0.1, 0.15) is 31.7 Å². The van der Waals surface area contributed by atoms with Gasteiger partial charge in [-0.25, -0.2) is 0 Å². The largest absolute Gasteiger partial charge is 0.507 e. The first-order valence-electron chi connectivity index (χ1n) is 14.7. The monoisotopic (exact) mass is 657 g/mol. The van der Waals surface area contributed by atoms with Crippen molar-refractivity contribution in [3.8, 4) is 11.5 Å². The smallest absolute Gasteiger partial charge is 0.488 e. The number of carbonyl (C=O) groups is 2. The molecule has 2 saturated heterocycles. The number of rotatable bonds is 9. The van der Waals surface area contributed by atoms with Gasteiger partial charge in [0.1, 0.15) is 18.1 Å². The van der Waals surface area contributed by atoms with Gasteiger partial charge in [0, 0.05) is 16.0 Å². The van der Waals surface area contributed by atoms with Gasteiger partial charge in [0.2, 0.25) is 11.8 Å². The third-order valence-corrected chi connectivity index (χ3v) is 9.28. The van der Waals surface area contributed by atoms with E-state index in [-0.39, 0.29) is 41.7 Å². The van der Waals surface area contributed by atoms with E-state index in [0.717, 1.165) is 32.5 Å². The average molecular weight is 658 g/mol. The Hall–Kier alpha value is -3.70. The normalized spacial score (nSPS) is 23.2. The van der Waals surface area contributed by atoms with Crippen LogP contribution in [0.3, 0.4) is 0 Å². The van der Waals surface area contributed by atoms with Crippen molar-refractivity contribution in [1.29, 1.82) is 0 Å². The lowest BCUT2D eigenvalue weighted by molar-refractivity contribution is -0.122. The zero-order valence-electron chi connectivity index (χ0n) is 24.2. The second kappa shape index (κ2) is 12.7. The lowest BCUT2D eigenvalue weighted by atomic mass is 9.69. The highest BCUT2D eigenvalue weighted by atomic mass is 79.9. The molecule has 2 amide bonds. The van der Waals surface area contributed by atoms with E-state index in [1.807, 2.05) is 49.4 Å². The van der Waals surface area contributed by atoms with Gasteiger partial charge in [-0.05, 0) is 85.3 Å². The molecule has 2 heterocycles. The molecule has 0 bridgehead atoms. The average Bonchev–Trinajstić information content (AvgIpc) is 3.55. The van der Waals surface area contributed by atoms with Gasteiger partial charge in [0.25, 0.3) is 0 Å². The molecular weight excluding hydrogens is 625 g/mol. The van der Waals surface area contributed by atoms with Gasteiger partial charge in [-0.3, -0.25) is 14.5 Å². The Bertz CT molecular complexity index is 1640. The molecular formula is C34H33BBrNO7. The standard InChI is InChI=1S/C34H33BBrNO7/c1-20(14-21-15-24(36)11-12-29(21)38)10-13-30-31-22(18-43-26-8-3-2-4-9-26)16-27-32(28(31)19-44-30)34(40)37(33(27)39)25-7-5-6-23(17-25)35(41)42/h2-9,11-12,14-15,17,27-28,30,32,38,41-42H,10,13,16,18-19H2,1H3/b20-14+/t27-,28+,30-,32-/m1/s1. The van der Waals surface area contributed by atoms with Gasteiger partial charge in [-0.1, -0.05) is 57.9 Å². The number of amides is 2. The van der Waals surface area contributed by atoms with Crippen LogP contribution < -0.4 is 15.1 Å². The number of phenolic OH excluding ortho intramolecular Hbond substituents is 1. The predicted molar refractivity (Wildman–Crippen MR) is 171 cm³/mol. The van der Waals surface area contributed by atoms with Crippen molar-refractivity contribution in [2.24, 2.45) is 17.8 Å². The molecule has 3 aromatic rings. The molecule has 3 aliphatic rings. The number of anilines is 1. The van der Waals surface area contributed by atoms with Crippen LogP contribution in [0.25, 0.3) is 6.08 Å². The van der Waals surface area contributed by atoms with E-state index in [4.69, 9.17) is 9.47 Å². The Morgan fingerprint density at radius 2 is 1.84 bits per heavy atom. The second-order valence-electron chi connectivity index (χ2n) is 11.6. The van der Waals surface area contributed by atoms with Crippen molar-refractivity contribution in [2.45, 2.75) is 32.3 Å². The number of aromatic hydroxyl groups is 1. The first-order chi connectivity index (χ1) is 21.2. The Balaban J connectivity index is 1.28. The minimum absolute atomic E-state index is 0.206. The van der Waals surface area contributed by atoms with Gasteiger partial charge < -0.3 is 24.6 Å². The summed E-state index contributed by atoms with van der Waals surface area (Å²) in [5, 5.41) is 29.6. The van der Waals surface area contributed by atoms with Gasteiger partial charge in [-0.2, -0.15) is 0 Å². The Morgan fingerprint density at radius 3 is 2.61 bits per heavy atom. The van der Waals surface area contributed by atoms with Crippen LogP contribution in [0.5, 0.6) is 11.5 Å². The van der Waals surface area contributed by atoms with Crippen LogP contribution in [0.4, 0.5) is 5.69 Å². The summed E-state index contributed by atoms with van der Waals surface area (Å²) < 4.78 is 13.4. The number of hydrogen-bond donors (Lipinski definition) is 3. The lowest BCUT2D eigenvalue weighted by Gasteiger charge is -2.31. The summed E-state index contributed by atoms with van der Waals surface area (Å²) in [4.78, 5) is 28.9. The summed E-state index contributed by atoms with van der Waals surface area (Å²) in [6.07, 6.45) is 3.50. The zero-order chi connectivity index (χ0) is 31.0. The molecule has 3 N–H and O–H groups in total. The van der Waals surface area contributed by atoms with E-state index in [0.29, 0.717) is 31.6 Å². The highest BCUT2D eigenvalue weighted by Crippen LogP contribution is 2.50. The summed E-state index contributed by atoms with van der Waals surface area (Å²) >= 11 is 3.46. The molecule has 3 aromatic carbocycles. The van der Waals surface area contributed by atoms with Gasteiger partial charge in [-0.15, -0.1) is 0 Å². The zero-order valence-corrected chi connectivity index (χ0v) is 25.8. The summed E-state index contributed by atoms with van der Waals surface area (Å²) in [6.45, 7) is 2.63. The molecule has 2 fully saturated rings. The van der Waals surface area contributed by atoms with Crippen molar-refractivity contribution in [3.63, 3.8) is 0 Å². The number of hydrogen-bond acceptors (Lipinski definition) is 7. The third-order valence-electron chi connectivity index (χ3n) is 8.78. The second-order valence-corrected chi connectivity index (χ2v) is 12.6. The van der Waals surface area contributed by atoms with Gasteiger partial charge in [0.05, 0.1) is 30.2 Å². The number of nitrogens with zero attached hydrogens (tertiary/aromatic N) is 1. The highest BCUT2D eigenvalue weighted by Gasteiger charge is 2.57. The summed E-state index contributed by atoms with van der Waals surface area (Å²) in [6, 6.07) is 21.1. The number of para-hydroxylation sites is 1. The molecule has 2 aliphatic heterocycles. The van der Waals surface area contributed by atoms with E-state index >= 15 is 0 Å². The fourth-order valence-electron chi connectivity index (χ4n) is 6.71. The Morgan fingerprint density at radius 1 is 1.05 bits per heavy atom. The molecule has 1 aliphatic carbocycles. The Labute approximate surface area is 264 Å². The predicted octanol–water partition coefficient (Wildman–Crippen LogP) is 4.62. The van der Waals surface area contributed by atoms with Crippen LogP contribution in [-0.2, 0) is 14.3 Å². The molecule has 44 heavy (non-hydrogen) atoms. The van der Waals surface area contributed by atoms with E-state index < -0.39 is 19.0 Å². The van der Waals surface area contributed by atoms with Crippen LogP contribution in [0.15, 0.2) is 94.0 Å². The lowest BCUT2D eigenvalue weighted by Crippen LogP contribution is -2.36. The van der Waals surface area contributed by atoms with Gasteiger partial charge >= 0.3 is 7.12 Å². The number of imide groups is 1. The molecule has 226 valence electrons. The first kappa shape index (κ1) is 30.3. The number of fused-ring (bicyclic) bond motifs is 3. The van der Waals surface area contributed by atoms with Crippen molar-refractivity contribution >= 4 is 52.1 Å². The SMILES string of the molecule is C/C(=C\c1cc(Br)ccc1O)CC[C@H]1OC[C@H]2C1=C(COc1ccccc1)C[C@H]1C(=O)N(c3cccc(B(O)O)c3)C(=O)[C@H]12. The van der Waals surface area contributed by atoms with Gasteiger partial charge in [0.15, 0.2) is 0 Å². The minimum atomic E-state index is -1.71. The molecule has 0 aromatic heterocycles. The van der Waals surface area contributed by atoms with E-state index in [9.17, 15) is 24.7 Å².